The van der Waals surface area contributed by atoms with Gasteiger partial charge in [0.2, 0.25) is 0 Å². The number of nitriles is 1. The van der Waals surface area contributed by atoms with E-state index in [0.717, 1.165) is 36.2 Å². The van der Waals surface area contributed by atoms with E-state index in [0.29, 0.717) is 16.4 Å². The molecule has 0 N–H and O–H groups in total. The molecule has 0 spiro atoms. The summed E-state index contributed by atoms with van der Waals surface area (Å²) in [6, 6.07) is 15.6. The van der Waals surface area contributed by atoms with Crippen LogP contribution >= 0.6 is 0 Å². The quantitative estimate of drug-likeness (QED) is 0.137. The number of hydrogen-bond donors (Lipinski definition) is 0. The third-order valence-electron chi connectivity index (χ3n) is 8.97. The summed E-state index contributed by atoms with van der Waals surface area (Å²) < 4.78 is 0. The van der Waals surface area contributed by atoms with E-state index in [1.807, 2.05) is 31.6 Å². The molecule has 2 heterocycles. The normalized spacial score (nSPS) is 11.6. The highest BCUT2D eigenvalue weighted by Crippen LogP contribution is 2.43. The second kappa shape index (κ2) is 20.0. The Morgan fingerprint density at radius 2 is 1.31 bits per heavy atom. The van der Waals surface area contributed by atoms with Gasteiger partial charge in [0.1, 0.15) is 5.82 Å². The molecule has 0 amide bonds. The first-order valence-electron chi connectivity index (χ1n) is 19.2. The molecule has 1 aliphatic carbocycles. The second-order valence-electron chi connectivity index (χ2n) is 17.2. The molecule has 3 aromatic carbocycles. The Hall–Kier alpha value is -4.88. The van der Waals surface area contributed by atoms with Gasteiger partial charge in [-0.3, -0.25) is 4.98 Å². The van der Waals surface area contributed by atoms with Crippen molar-refractivity contribution in [3.05, 3.63) is 126 Å². The van der Waals surface area contributed by atoms with E-state index in [1.165, 1.54) is 79.1 Å². The summed E-state index contributed by atoms with van der Waals surface area (Å²) in [6.45, 7) is 41.4. The number of hydrogen-bond acceptors (Lipinski definition) is 4. The standard InChI is InChI=1S/C33H31N3.C6H14.C5H12.C4H5N.C2H4/c1-19(2)15-29-20(3)16-30-21(4)26(25-17-35-22(5)36-18-25)11-12-27(30)32(29)28-10-9-23-7-6-8-24-13-14-34-33(28)31(23)24;1-5-6(2,3)4;1-5(2,3)4;1-4(2)3-5;1-2/h9-14,16-18H,1,6-8,15H2,2-5H3;5H2,1-4H3;1-4H3;1H2,2H3;1-2H2. The van der Waals surface area contributed by atoms with Crippen molar-refractivity contribution in [2.75, 3.05) is 0 Å². The lowest BCUT2D eigenvalue weighted by Crippen LogP contribution is -2.04. The minimum atomic E-state index is 0.500. The zero-order valence-electron chi connectivity index (χ0n) is 35.8. The van der Waals surface area contributed by atoms with Gasteiger partial charge in [-0.15, -0.1) is 13.2 Å². The molecule has 4 heteroatoms. The smallest absolute Gasteiger partial charge is 0.125 e. The molecule has 2 aromatic heterocycles. The largest absolute Gasteiger partial charge is 0.256 e. The molecule has 6 rings (SSSR count). The lowest BCUT2D eigenvalue weighted by atomic mass is 9.82. The molecular weight excluding hydrogens is 657 g/mol. The van der Waals surface area contributed by atoms with Gasteiger partial charge in [-0.05, 0) is 127 Å². The summed E-state index contributed by atoms with van der Waals surface area (Å²) in [6.07, 6.45) is 11.4. The number of allylic oxidation sites excluding steroid dienone is 2. The number of fused-ring (bicyclic) bond motifs is 1. The van der Waals surface area contributed by atoms with E-state index < -0.39 is 0 Å². The van der Waals surface area contributed by atoms with Gasteiger partial charge in [-0.25, -0.2) is 9.97 Å². The number of nitrogens with zero attached hydrogens (tertiary/aromatic N) is 4. The minimum Gasteiger partial charge on any atom is -0.256 e. The fourth-order valence-electron chi connectivity index (χ4n) is 5.98. The van der Waals surface area contributed by atoms with Crippen LogP contribution in [-0.2, 0) is 19.3 Å². The molecular formula is C50H66N4. The molecule has 0 aliphatic heterocycles. The van der Waals surface area contributed by atoms with Crippen molar-refractivity contribution in [1.29, 1.82) is 5.26 Å². The van der Waals surface area contributed by atoms with E-state index in [2.05, 4.69) is 149 Å². The summed E-state index contributed by atoms with van der Waals surface area (Å²) in [5.74, 6) is 0.787. The van der Waals surface area contributed by atoms with Crippen molar-refractivity contribution in [3.8, 4) is 28.3 Å². The molecule has 1 aliphatic rings. The van der Waals surface area contributed by atoms with E-state index in [4.69, 9.17) is 10.2 Å². The Balaban J connectivity index is 0.000000470. The summed E-state index contributed by atoms with van der Waals surface area (Å²) in [5.41, 5.74) is 15.4. The lowest BCUT2D eigenvalue weighted by molar-refractivity contribution is 0.398. The molecule has 0 fully saturated rings. The summed E-state index contributed by atoms with van der Waals surface area (Å²) in [5, 5.41) is 11.7. The second-order valence-corrected chi connectivity index (χ2v) is 17.2. The van der Waals surface area contributed by atoms with Crippen LogP contribution in [0.15, 0.2) is 92.5 Å². The number of benzene rings is 3. The monoisotopic (exact) mass is 723 g/mol. The number of aryl methyl sites for hydroxylation is 5. The predicted molar refractivity (Wildman–Crippen MR) is 237 cm³/mol. The number of pyridine rings is 1. The Kier molecular flexibility index (Phi) is 16.8. The molecule has 4 nitrogen and oxygen atoms in total. The first-order valence-corrected chi connectivity index (χ1v) is 19.2. The Morgan fingerprint density at radius 3 is 1.81 bits per heavy atom. The van der Waals surface area contributed by atoms with Gasteiger partial charge < -0.3 is 0 Å². The molecule has 0 radical (unpaired) electrons. The highest BCUT2D eigenvalue weighted by Gasteiger charge is 2.21. The third-order valence-corrected chi connectivity index (χ3v) is 8.97. The number of aromatic nitrogens is 3. The van der Waals surface area contributed by atoms with Crippen LogP contribution < -0.4 is 0 Å². The van der Waals surface area contributed by atoms with Gasteiger partial charge in [0.05, 0.1) is 11.6 Å². The Bertz CT molecular complexity index is 2080. The summed E-state index contributed by atoms with van der Waals surface area (Å²) in [7, 11) is 0. The molecule has 0 saturated heterocycles. The Labute approximate surface area is 328 Å². The molecule has 0 bridgehead atoms. The molecule has 5 aromatic rings. The molecule has 0 saturated carbocycles. The molecule has 54 heavy (non-hydrogen) atoms. The van der Waals surface area contributed by atoms with Gasteiger partial charge >= 0.3 is 0 Å². The Morgan fingerprint density at radius 1 is 0.796 bits per heavy atom. The fourth-order valence-corrected chi connectivity index (χ4v) is 5.98. The first-order chi connectivity index (χ1) is 25.2. The van der Waals surface area contributed by atoms with E-state index in [1.54, 1.807) is 6.92 Å². The van der Waals surface area contributed by atoms with Crippen molar-refractivity contribution < 1.29 is 0 Å². The van der Waals surface area contributed by atoms with Crippen LogP contribution in [0.2, 0.25) is 0 Å². The van der Waals surface area contributed by atoms with Crippen LogP contribution in [0.25, 0.3) is 43.9 Å². The van der Waals surface area contributed by atoms with Gasteiger partial charge in [-0.2, -0.15) is 5.26 Å². The van der Waals surface area contributed by atoms with Gasteiger partial charge in [-0.1, -0.05) is 111 Å². The summed E-state index contributed by atoms with van der Waals surface area (Å²) in [4.78, 5) is 13.9. The van der Waals surface area contributed by atoms with E-state index in [-0.39, 0.29) is 0 Å². The maximum atomic E-state index is 7.79. The lowest BCUT2D eigenvalue weighted by Gasteiger charge is -2.23. The SMILES string of the molecule is C=C.C=C(C)C#N.C=C(C)Cc1c(C)cc2c(C)c(-c3cnc(C)nc3)ccc2c1-c1ccc2c3c(ccnc13)CCC2.CC(C)(C)C.CCC(C)(C)C. The van der Waals surface area contributed by atoms with Crippen LogP contribution in [0.4, 0.5) is 0 Å². The van der Waals surface area contributed by atoms with Crippen molar-refractivity contribution in [3.63, 3.8) is 0 Å². The van der Waals surface area contributed by atoms with Crippen molar-refractivity contribution in [2.24, 2.45) is 10.8 Å². The predicted octanol–water partition coefficient (Wildman–Crippen LogP) is 14.4. The van der Waals surface area contributed by atoms with E-state index in [9.17, 15) is 0 Å². The van der Waals surface area contributed by atoms with Crippen LogP contribution in [-0.4, -0.2) is 15.0 Å². The average Bonchev–Trinajstić information content (AvgIpc) is 3.10. The fraction of sp³-hybridized carbons (Fsp3) is 0.400. The van der Waals surface area contributed by atoms with Crippen LogP contribution in [0, 0.1) is 42.9 Å². The van der Waals surface area contributed by atoms with Gasteiger partial charge in [0.25, 0.3) is 0 Å². The van der Waals surface area contributed by atoms with Crippen LogP contribution in [0.1, 0.15) is 116 Å². The highest BCUT2D eigenvalue weighted by molar-refractivity contribution is 6.09. The minimum absolute atomic E-state index is 0.500. The van der Waals surface area contributed by atoms with Gasteiger partial charge in [0.15, 0.2) is 0 Å². The zero-order valence-corrected chi connectivity index (χ0v) is 35.8. The zero-order chi connectivity index (χ0) is 41.0. The van der Waals surface area contributed by atoms with Crippen molar-refractivity contribution in [1.82, 2.24) is 15.0 Å². The molecule has 0 unspecified atom stereocenters. The average molecular weight is 723 g/mol. The van der Waals surface area contributed by atoms with E-state index >= 15 is 0 Å². The van der Waals surface area contributed by atoms with Gasteiger partial charge in [0, 0.05) is 40.7 Å². The first kappa shape index (κ1) is 45.3. The van der Waals surface area contributed by atoms with Crippen LogP contribution in [0.3, 0.4) is 0 Å². The number of rotatable bonds is 4. The van der Waals surface area contributed by atoms with Crippen molar-refractivity contribution >= 4 is 21.7 Å². The molecule has 286 valence electrons. The third kappa shape index (κ3) is 12.9. The van der Waals surface area contributed by atoms with Crippen molar-refractivity contribution in [2.45, 2.75) is 122 Å². The maximum absolute atomic E-state index is 7.79. The molecule has 0 atom stereocenters. The van der Waals surface area contributed by atoms with Crippen LogP contribution in [0.5, 0.6) is 0 Å². The topological polar surface area (TPSA) is 62.5 Å². The summed E-state index contributed by atoms with van der Waals surface area (Å²) >= 11 is 0. The highest BCUT2D eigenvalue weighted by atomic mass is 14.8. The maximum Gasteiger partial charge on any atom is 0.125 e.